The van der Waals surface area contributed by atoms with E-state index in [-0.39, 0.29) is 33.1 Å². The Balaban J connectivity index is 2.04. The fourth-order valence-electron chi connectivity index (χ4n) is 3.78. The van der Waals surface area contributed by atoms with E-state index in [4.69, 9.17) is 23.2 Å². The van der Waals surface area contributed by atoms with Crippen LogP contribution in [0, 0.1) is 6.92 Å². The Bertz CT molecular complexity index is 1370. The van der Waals surface area contributed by atoms with Gasteiger partial charge in [0.25, 0.3) is 10.0 Å². The van der Waals surface area contributed by atoms with E-state index in [0.717, 1.165) is 21.9 Å². The first-order valence-corrected chi connectivity index (χ1v) is 14.4. The molecule has 0 radical (unpaired) electrons. The summed E-state index contributed by atoms with van der Waals surface area (Å²) in [4.78, 5) is 28.1. The Kier molecular flexibility index (Phi) is 10.2. The van der Waals surface area contributed by atoms with Crippen molar-refractivity contribution in [3.63, 3.8) is 0 Å². The van der Waals surface area contributed by atoms with Gasteiger partial charge in [-0.1, -0.05) is 78.2 Å². The minimum Gasteiger partial charge on any atom is -0.354 e. The normalized spacial score (nSPS) is 12.0. The maximum Gasteiger partial charge on any atom is 0.264 e. The molecule has 0 aromatic heterocycles. The number of amides is 2. The van der Waals surface area contributed by atoms with Crippen molar-refractivity contribution in [1.82, 2.24) is 10.2 Å². The maximum atomic E-state index is 13.9. The molecular formula is C28H31Cl2N3O4S. The first-order valence-electron chi connectivity index (χ1n) is 12.2. The van der Waals surface area contributed by atoms with Crippen LogP contribution in [0.4, 0.5) is 5.69 Å². The van der Waals surface area contributed by atoms with Crippen LogP contribution in [0.3, 0.4) is 0 Å². The predicted molar refractivity (Wildman–Crippen MR) is 152 cm³/mol. The third-order valence-corrected chi connectivity index (χ3v) is 8.31. The molecule has 0 spiro atoms. The highest BCUT2D eigenvalue weighted by Gasteiger charge is 2.33. The van der Waals surface area contributed by atoms with Crippen LogP contribution in [0.25, 0.3) is 0 Å². The van der Waals surface area contributed by atoms with Crippen LogP contribution >= 0.6 is 23.2 Å². The van der Waals surface area contributed by atoms with E-state index < -0.39 is 28.5 Å². The standard InChI is InChI=1S/C28H31Cl2N3O4S/c1-4-16-31-28(35)21(3)32(18-22-12-10-20(2)11-13-22)27(34)19-33(26-17-23(29)14-15-25(26)30)38(36,37)24-8-6-5-7-9-24/h5-15,17,21H,4,16,18-19H2,1-3H3,(H,31,35). The third-order valence-electron chi connectivity index (χ3n) is 5.98. The molecule has 0 saturated carbocycles. The lowest BCUT2D eigenvalue weighted by Gasteiger charge is -2.32. The number of halogens is 2. The number of rotatable bonds is 11. The smallest absolute Gasteiger partial charge is 0.264 e. The molecule has 1 N–H and O–H groups in total. The highest BCUT2D eigenvalue weighted by atomic mass is 35.5. The highest BCUT2D eigenvalue weighted by Crippen LogP contribution is 2.33. The Hall–Kier alpha value is -3.07. The van der Waals surface area contributed by atoms with Crippen molar-refractivity contribution < 1.29 is 18.0 Å². The first kappa shape index (κ1) is 29.5. The maximum absolute atomic E-state index is 13.9. The minimum absolute atomic E-state index is 0.0114. The second-order valence-corrected chi connectivity index (χ2v) is 11.6. The zero-order chi connectivity index (χ0) is 27.9. The average molecular weight is 577 g/mol. The summed E-state index contributed by atoms with van der Waals surface area (Å²) >= 11 is 12.6. The summed E-state index contributed by atoms with van der Waals surface area (Å²) in [5.74, 6) is -0.897. The summed E-state index contributed by atoms with van der Waals surface area (Å²) in [6.07, 6.45) is 0.737. The lowest BCUT2D eigenvalue weighted by molar-refractivity contribution is -0.139. The van der Waals surface area contributed by atoms with Gasteiger partial charge in [-0.25, -0.2) is 8.42 Å². The molecule has 0 heterocycles. The van der Waals surface area contributed by atoms with E-state index >= 15 is 0 Å². The first-order chi connectivity index (χ1) is 18.0. The number of aryl methyl sites for hydroxylation is 1. The molecule has 10 heteroatoms. The van der Waals surface area contributed by atoms with Crippen molar-refractivity contribution in [2.45, 2.75) is 44.7 Å². The van der Waals surface area contributed by atoms with E-state index in [0.29, 0.717) is 6.54 Å². The topological polar surface area (TPSA) is 86.8 Å². The Morgan fingerprint density at radius 1 is 0.974 bits per heavy atom. The van der Waals surface area contributed by atoms with Crippen molar-refractivity contribution >= 4 is 50.7 Å². The Labute approximate surface area is 234 Å². The van der Waals surface area contributed by atoms with Gasteiger partial charge >= 0.3 is 0 Å². The quantitative estimate of drug-likeness (QED) is 0.330. The Morgan fingerprint density at radius 2 is 1.63 bits per heavy atom. The number of nitrogens with zero attached hydrogens (tertiary/aromatic N) is 2. The van der Waals surface area contributed by atoms with Crippen molar-refractivity contribution in [2.24, 2.45) is 0 Å². The number of hydrogen-bond donors (Lipinski definition) is 1. The molecule has 1 unspecified atom stereocenters. The number of carbonyl (C=O) groups excluding carboxylic acids is 2. The number of carbonyl (C=O) groups is 2. The molecule has 7 nitrogen and oxygen atoms in total. The van der Waals surface area contributed by atoms with Crippen LogP contribution in [0.5, 0.6) is 0 Å². The van der Waals surface area contributed by atoms with Gasteiger partial charge < -0.3 is 10.2 Å². The van der Waals surface area contributed by atoms with Crippen molar-refractivity contribution in [3.8, 4) is 0 Å². The van der Waals surface area contributed by atoms with Gasteiger partial charge in [0.2, 0.25) is 11.8 Å². The van der Waals surface area contributed by atoms with Gasteiger partial charge in [-0.05, 0) is 56.2 Å². The molecule has 202 valence electrons. The zero-order valence-electron chi connectivity index (χ0n) is 21.5. The summed E-state index contributed by atoms with van der Waals surface area (Å²) in [5, 5.41) is 3.19. The van der Waals surface area contributed by atoms with E-state index in [1.54, 1.807) is 25.1 Å². The molecule has 3 aromatic rings. The average Bonchev–Trinajstić information content (AvgIpc) is 2.91. The molecular weight excluding hydrogens is 545 g/mol. The minimum atomic E-state index is -4.22. The molecule has 0 fully saturated rings. The summed E-state index contributed by atoms with van der Waals surface area (Å²) in [5.41, 5.74) is 1.92. The van der Waals surface area contributed by atoms with E-state index in [9.17, 15) is 18.0 Å². The predicted octanol–water partition coefficient (Wildman–Crippen LogP) is 5.44. The Morgan fingerprint density at radius 3 is 2.26 bits per heavy atom. The van der Waals surface area contributed by atoms with E-state index in [2.05, 4.69) is 5.32 Å². The highest BCUT2D eigenvalue weighted by molar-refractivity contribution is 7.92. The zero-order valence-corrected chi connectivity index (χ0v) is 23.9. The summed E-state index contributed by atoms with van der Waals surface area (Å²) in [7, 11) is -4.22. The lowest BCUT2D eigenvalue weighted by Crippen LogP contribution is -2.51. The van der Waals surface area contributed by atoms with Crippen LogP contribution in [0.2, 0.25) is 10.0 Å². The second-order valence-electron chi connectivity index (χ2n) is 8.89. The van der Waals surface area contributed by atoms with Crippen LogP contribution in [-0.4, -0.2) is 44.3 Å². The number of nitrogens with one attached hydrogen (secondary N) is 1. The summed E-state index contributed by atoms with van der Waals surface area (Å²) in [6, 6.07) is 18.9. The van der Waals surface area contributed by atoms with Crippen LogP contribution in [0.15, 0.2) is 77.7 Å². The molecule has 1 atom stereocenters. The van der Waals surface area contributed by atoms with Gasteiger partial charge in [-0.3, -0.25) is 13.9 Å². The second kappa shape index (κ2) is 13.1. The fourth-order valence-corrected chi connectivity index (χ4v) is 5.66. The van der Waals surface area contributed by atoms with Crippen molar-refractivity contribution in [2.75, 3.05) is 17.4 Å². The molecule has 38 heavy (non-hydrogen) atoms. The van der Waals surface area contributed by atoms with Gasteiger partial charge in [0, 0.05) is 18.1 Å². The number of sulfonamides is 1. The molecule has 0 aliphatic carbocycles. The monoisotopic (exact) mass is 575 g/mol. The van der Waals surface area contributed by atoms with Crippen molar-refractivity contribution in [3.05, 3.63) is 94.0 Å². The summed E-state index contributed by atoms with van der Waals surface area (Å²) in [6.45, 7) is 5.49. The van der Waals surface area contributed by atoms with E-state index in [1.165, 1.54) is 35.2 Å². The summed E-state index contributed by atoms with van der Waals surface area (Å²) < 4.78 is 28.5. The number of anilines is 1. The van der Waals surface area contributed by atoms with Crippen LogP contribution < -0.4 is 9.62 Å². The molecule has 0 bridgehead atoms. The van der Waals surface area contributed by atoms with Gasteiger partial charge in [-0.15, -0.1) is 0 Å². The molecule has 0 saturated heterocycles. The molecule has 3 aromatic carbocycles. The largest absolute Gasteiger partial charge is 0.354 e. The van der Waals surface area contributed by atoms with Gasteiger partial charge in [0.05, 0.1) is 15.6 Å². The van der Waals surface area contributed by atoms with Crippen LogP contribution in [-0.2, 0) is 26.2 Å². The van der Waals surface area contributed by atoms with Gasteiger partial charge in [0.1, 0.15) is 12.6 Å². The van der Waals surface area contributed by atoms with Crippen molar-refractivity contribution in [1.29, 1.82) is 0 Å². The molecule has 0 aliphatic rings. The van der Waals surface area contributed by atoms with Crippen LogP contribution in [0.1, 0.15) is 31.4 Å². The SMILES string of the molecule is CCCNC(=O)C(C)N(Cc1ccc(C)cc1)C(=O)CN(c1cc(Cl)ccc1Cl)S(=O)(=O)c1ccccc1. The third kappa shape index (κ3) is 7.28. The molecule has 2 amide bonds. The van der Waals surface area contributed by atoms with Gasteiger partial charge in [-0.2, -0.15) is 0 Å². The lowest BCUT2D eigenvalue weighted by atomic mass is 10.1. The molecule has 3 rings (SSSR count). The molecule has 0 aliphatic heterocycles. The number of hydrogen-bond acceptors (Lipinski definition) is 4. The number of benzene rings is 3. The van der Waals surface area contributed by atoms with Gasteiger partial charge in [0.15, 0.2) is 0 Å². The fraction of sp³-hybridized carbons (Fsp3) is 0.286. The van der Waals surface area contributed by atoms with E-state index in [1.807, 2.05) is 38.1 Å².